The summed E-state index contributed by atoms with van der Waals surface area (Å²) in [5.74, 6) is 1.55. The van der Waals surface area contributed by atoms with Gasteiger partial charge in [-0.15, -0.1) is 0 Å². The summed E-state index contributed by atoms with van der Waals surface area (Å²) in [7, 11) is 1.66. The summed E-state index contributed by atoms with van der Waals surface area (Å²) in [4.78, 5) is 15.1. The molecule has 0 bridgehead atoms. The van der Waals surface area contributed by atoms with Crippen LogP contribution in [0.1, 0.15) is 27.8 Å². The van der Waals surface area contributed by atoms with Crippen LogP contribution in [0.15, 0.2) is 83.5 Å². The van der Waals surface area contributed by atoms with Crippen LogP contribution >= 0.6 is 0 Å². The van der Waals surface area contributed by atoms with Gasteiger partial charge in [-0.05, 0) is 58.8 Å². The monoisotopic (exact) mass is 384 g/mol. The van der Waals surface area contributed by atoms with E-state index in [4.69, 9.17) is 9.15 Å². The van der Waals surface area contributed by atoms with E-state index in [1.165, 1.54) is 0 Å². The lowest BCUT2D eigenvalue weighted by Crippen LogP contribution is -2.42. The number of benzene rings is 3. The first-order valence-electron chi connectivity index (χ1n) is 9.49. The van der Waals surface area contributed by atoms with E-state index >= 15 is 0 Å². The minimum absolute atomic E-state index is 0.0180. The number of methoxy groups -OCH3 is 1. The van der Waals surface area contributed by atoms with E-state index < -0.39 is 0 Å². The van der Waals surface area contributed by atoms with E-state index in [0.717, 1.165) is 33.5 Å². The molecule has 5 heteroatoms. The molecule has 1 amide bonds. The molecule has 0 saturated carbocycles. The molecule has 5 nitrogen and oxygen atoms in total. The zero-order valence-electron chi connectivity index (χ0n) is 16.0. The summed E-state index contributed by atoms with van der Waals surface area (Å²) in [6.45, 7) is 0.387. The molecular formula is C24H20N2O3. The van der Waals surface area contributed by atoms with E-state index in [0.29, 0.717) is 12.1 Å². The molecule has 1 aliphatic rings. The number of ether oxygens (including phenoxy) is 1. The third-order valence-electron chi connectivity index (χ3n) is 5.32. The maximum absolute atomic E-state index is 13.3. The van der Waals surface area contributed by atoms with Crippen molar-refractivity contribution >= 4 is 22.4 Å². The maximum atomic E-state index is 13.3. The summed E-state index contributed by atoms with van der Waals surface area (Å²) in [6.07, 6.45) is 1.33. The average molecular weight is 384 g/mol. The summed E-state index contributed by atoms with van der Waals surface area (Å²) < 4.78 is 10.8. The van der Waals surface area contributed by atoms with Crippen molar-refractivity contribution in [1.82, 2.24) is 4.90 Å². The average Bonchev–Trinajstić information content (AvgIpc) is 3.28. The molecule has 1 N–H and O–H groups in total. The summed E-state index contributed by atoms with van der Waals surface area (Å²) in [6, 6.07) is 23.5. The highest BCUT2D eigenvalue weighted by molar-refractivity contribution is 6.01. The Hall–Kier alpha value is -3.73. The Morgan fingerprint density at radius 3 is 2.66 bits per heavy atom. The predicted molar refractivity (Wildman–Crippen MR) is 112 cm³/mol. The number of carbonyl (C=O) groups is 1. The van der Waals surface area contributed by atoms with Crippen LogP contribution in [0.3, 0.4) is 0 Å². The highest BCUT2D eigenvalue weighted by atomic mass is 16.5. The Morgan fingerprint density at radius 2 is 1.83 bits per heavy atom. The smallest absolute Gasteiger partial charge is 0.258 e. The lowest BCUT2D eigenvalue weighted by Gasteiger charge is -2.37. The van der Waals surface area contributed by atoms with Gasteiger partial charge >= 0.3 is 0 Å². The van der Waals surface area contributed by atoms with Crippen molar-refractivity contribution in [3.8, 4) is 5.75 Å². The molecule has 1 atom stereocenters. The van der Waals surface area contributed by atoms with Crippen LogP contribution in [-0.2, 0) is 6.54 Å². The van der Waals surface area contributed by atoms with Crippen molar-refractivity contribution in [2.75, 3.05) is 12.4 Å². The van der Waals surface area contributed by atoms with Gasteiger partial charge in [-0.1, -0.05) is 30.3 Å². The highest BCUT2D eigenvalue weighted by Crippen LogP contribution is 2.35. The Labute approximate surface area is 168 Å². The fourth-order valence-electron chi connectivity index (χ4n) is 3.83. The number of anilines is 1. The van der Waals surface area contributed by atoms with Gasteiger partial charge in [0.1, 0.15) is 17.7 Å². The second-order valence-corrected chi connectivity index (χ2v) is 7.08. The van der Waals surface area contributed by atoms with Crippen molar-refractivity contribution in [2.45, 2.75) is 12.7 Å². The fraction of sp³-hybridized carbons (Fsp3) is 0.125. The molecule has 4 aromatic rings. The Bertz CT molecular complexity index is 1180. The molecule has 29 heavy (non-hydrogen) atoms. The summed E-state index contributed by atoms with van der Waals surface area (Å²) in [5.41, 5.74) is 2.52. The number of nitrogens with zero attached hydrogens (tertiary/aromatic N) is 1. The maximum Gasteiger partial charge on any atom is 0.258 e. The number of carbonyl (C=O) groups excluding carboxylic acids is 1. The SMILES string of the molecule is COc1ccc2cc([C@H]3Nc4ccccc4C(=O)N3Cc3ccco3)ccc2c1. The van der Waals surface area contributed by atoms with Crippen LogP contribution in [0.4, 0.5) is 5.69 Å². The Kier molecular flexibility index (Phi) is 4.21. The second-order valence-electron chi connectivity index (χ2n) is 7.08. The van der Waals surface area contributed by atoms with Crippen molar-refractivity contribution in [1.29, 1.82) is 0 Å². The van der Waals surface area contributed by atoms with Gasteiger partial charge < -0.3 is 19.4 Å². The molecular weight excluding hydrogens is 364 g/mol. The standard InChI is InChI=1S/C24H20N2O3/c1-28-19-11-10-16-13-18(9-8-17(16)14-19)23-25-22-7-3-2-6-21(22)24(27)26(23)15-20-5-4-12-29-20/h2-14,23,25H,15H2,1H3/t23-/m0/s1. The number of para-hydroxylation sites is 1. The first kappa shape index (κ1) is 17.4. The topological polar surface area (TPSA) is 54.7 Å². The van der Waals surface area contributed by atoms with Gasteiger partial charge in [0.2, 0.25) is 0 Å². The van der Waals surface area contributed by atoms with Crippen molar-refractivity contribution in [3.63, 3.8) is 0 Å². The number of hydrogen-bond donors (Lipinski definition) is 1. The molecule has 0 fully saturated rings. The van der Waals surface area contributed by atoms with Crippen LogP contribution in [0, 0.1) is 0 Å². The zero-order chi connectivity index (χ0) is 19.8. The van der Waals surface area contributed by atoms with Gasteiger partial charge in [-0.2, -0.15) is 0 Å². The van der Waals surface area contributed by atoms with Gasteiger partial charge in [-0.25, -0.2) is 0 Å². The van der Waals surface area contributed by atoms with Crippen LogP contribution in [0.5, 0.6) is 5.75 Å². The Morgan fingerprint density at radius 1 is 1.00 bits per heavy atom. The largest absolute Gasteiger partial charge is 0.497 e. The molecule has 2 heterocycles. The zero-order valence-corrected chi connectivity index (χ0v) is 16.0. The van der Waals surface area contributed by atoms with Crippen molar-refractivity contribution in [2.24, 2.45) is 0 Å². The summed E-state index contributed by atoms with van der Waals surface area (Å²) in [5, 5.41) is 5.72. The first-order chi connectivity index (χ1) is 14.2. The van der Waals surface area contributed by atoms with Crippen LogP contribution in [0.25, 0.3) is 10.8 Å². The molecule has 1 aliphatic heterocycles. The molecule has 0 unspecified atom stereocenters. The van der Waals surface area contributed by atoms with Crippen LogP contribution in [0.2, 0.25) is 0 Å². The molecule has 5 rings (SSSR count). The van der Waals surface area contributed by atoms with E-state index in [1.807, 2.05) is 59.5 Å². The van der Waals surface area contributed by atoms with Crippen molar-refractivity contribution in [3.05, 3.63) is 95.9 Å². The fourth-order valence-corrected chi connectivity index (χ4v) is 3.83. The first-order valence-corrected chi connectivity index (χ1v) is 9.49. The van der Waals surface area contributed by atoms with Gasteiger partial charge in [0.25, 0.3) is 5.91 Å². The van der Waals surface area contributed by atoms with Crippen LogP contribution < -0.4 is 10.1 Å². The molecule has 3 aromatic carbocycles. The molecule has 1 aromatic heterocycles. The second kappa shape index (κ2) is 7.02. The molecule has 144 valence electrons. The number of furan rings is 1. The minimum atomic E-state index is -0.297. The lowest BCUT2D eigenvalue weighted by atomic mass is 10.0. The van der Waals surface area contributed by atoms with Gasteiger partial charge in [0.15, 0.2) is 0 Å². The van der Waals surface area contributed by atoms with E-state index in [2.05, 4.69) is 23.5 Å². The number of nitrogens with one attached hydrogen (secondary N) is 1. The third kappa shape index (κ3) is 3.10. The lowest BCUT2D eigenvalue weighted by molar-refractivity contribution is 0.0651. The quantitative estimate of drug-likeness (QED) is 0.525. The normalized spacial score (nSPS) is 15.8. The number of amides is 1. The van der Waals surface area contributed by atoms with E-state index in [-0.39, 0.29) is 12.1 Å². The highest BCUT2D eigenvalue weighted by Gasteiger charge is 2.33. The van der Waals surface area contributed by atoms with Crippen LogP contribution in [-0.4, -0.2) is 17.9 Å². The summed E-state index contributed by atoms with van der Waals surface area (Å²) >= 11 is 0. The van der Waals surface area contributed by atoms with Crippen molar-refractivity contribution < 1.29 is 13.9 Å². The minimum Gasteiger partial charge on any atom is -0.497 e. The molecule has 0 saturated heterocycles. The molecule has 0 spiro atoms. The Balaban J connectivity index is 1.58. The van der Waals surface area contributed by atoms with Gasteiger partial charge in [0, 0.05) is 5.69 Å². The van der Waals surface area contributed by atoms with E-state index in [1.54, 1.807) is 13.4 Å². The van der Waals surface area contributed by atoms with Gasteiger partial charge in [0.05, 0.1) is 25.5 Å². The number of rotatable bonds is 4. The number of fused-ring (bicyclic) bond motifs is 2. The van der Waals surface area contributed by atoms with Gasteiger partial charge in [-0.3, -0.25) is 4.79 Å². The third-order valence-corrected chi connectivity index (χ3v) is 5.32. The molecule has 0 aliphatic carbocycles. The van der Waals surface area contributed by atoms with E-state index in [9.17, 15) is 4.79 Å². The number of hydrogen-bond acceptors (Lipinski definition) is 4. The predicted octanol–water partition coefficient (Wildman–Crippen LogP) is 5.21. The molecule has 0 radical (unpaired) electrons.